The summed E-state index contributed by atoms with van der Waals surface area (Å²) in [6, 6.07) is 5.84. The second-order valence-electron chi connectivity index (χ2n) is 5.75. The van der Waals surface area contributed by atoms with Crippen LogP contribution in [0.4, 0.5) is 0 Å². The van der Waals surface area contributed by atoms with E-state index < -0.39 is 0 Å². The average molecular weight is 334 g/mol. The number of hydrogen-bond acceptors (Lipinski definition) is 3. The highest BCUT2D eigenvalue weighted by molar-refractivity contribution is 7.99. The zero-order valence-electron chi connectivity index (χ0n) is 11.8. The minimum atomic E-state index is -0.218. The molecule has 1 fully saturated rings. The fourth-order valence-corrected chi connectivity index (χ4v) is 4.26. The lowest BCUT2D eigenvalue weighted by Crippen LogP contribution is -2.55. The van der Waals surface area contributed by atoms with Crippen molar-refractivity contribution in [1.29, 1.82) is 0 Å². The molecule has 0 aliphatic heterocycles. The second kappa shape index (κ2) is 6.89. The van der Waals surface area contributed by atoms with Crippen LogP contribution in [0.3, 0.4) is 0 Å². The Morgan fingerprint density at radius 1 is 1.40 bits per heavy atom. The van der Waals surface area contributed by atoms with Crippen LogP contribution in [0.25, 0.3) is 0 Å². The molecule has 2 N–H and O–H groups in total. The summed E-state index contributed by atoms with van der Waals surface area (Å²) >= 11 is 13.9. The molecule has 1 aromatic carbocycles. The van der Waals surface area contributed by atoms with Crippen molar-refractivity contribution in [2.45, 2.75) is 43.2 Å². The maximum absolute atomic E-state index is 9.90. The van der Waals surface area contributed by atoms with Crippen LogP contribution < -0.4 is 5.32 Å². The predicted octanol–water partition coefficient (Wildman–Crippen LogP) is 4.22. The van der Waals surface area contributed by atoms with E-state index >= 15 is 0 Å². The first-order chi connectivity index (χ1) is 9.47. The lowest BCUT2D eigenvalue weighted by Gasteiger charge is -2.35. The molecule has 0 radical (unpaired) electrons. The van der Waals surface area contributed by atoms with Crippen LogP contribution in [-0.2, 0) is 0 Å². The summed E-state index contributed by atoms with van der Waals surface area (Å²) in [4.78, 5) is 0.975. The van der Waals surface area contributed by atoms with Gasteiger partial charge in [0, 0.05) is 21.7 Å². The molecule has 1 unspecified atom stereocenters. The van der Waals surface area contributed by atoms with Gasteiger partial charge in [-0.3, -0.25) is 0 Å². The van der Waals surface area contributed by atoms with Crippen molar-refractivity contribution in [2.24, 2.45) is 5.92 Å². The molecule has 20 heavy (non-hydrogen) atoms. The van der Waals surface area contributed by atoms with Crippen molar-refractivity contribution in [1.82, 2.24) is 5.32 Å². The third kappa shape index (κ3) is 4.05. The van der Waals surface area contributed by atoms with E-state index in [2.05, 4.69) is 19.2 Å². The normalized spacial score (nSPS) is 18.3. The second-order valence-corrected chi connectivity index (χ2v) is 7.61. The van der Waals surface area contributed by atoms with Gasteiger partial charge in [-0.1, -0.05) is 37.0 Å². The SMILES string of the molecule is CC(C)NC(CO)(CSc1cc(Cl)ccc1Cl)C1CC1. The van der Waals surface area contributed by atoms with Crippen molar-refractivity contribution in [3.05, 3.63) is 28.2 Å². The summed E-state index contributed by atoms with van der Waals surface area (Å²) in [6.45, 7) is 4.38. The Morgan fingerprint density at radius 3 is 2.65 bits per heavy atom. The van der Waals surface area contributed by atoms with Gasteiger partial charge in [0.25, 0.3) is 0 Å². The summed E-state index contributed by atoms with van der Waals surface area (Å²) in [6.07, 6.45) is 2.37. The third-order valence-corrected chi connectivity index (χ3v) is 5.58. The molecule has 1 aromatic rings. The first kappa shape index (κ1) is 16.4. The smallest absolute Gasteiger partial charge is 0.0624 e. The van der Waals surface area contributed by atoms with Gasteiger partial charge in [-0.15, -0.1) is 11.8 Å². The van der Waals surface area contributed by atoms with Gasteiger partial charge in [-0.2, -0.15) is 0 Å². The molecule has 1 atom stereocenters. The average Bonchev–Trinajstić information content (AvgIpc) is 3.22. The number of nitrogens with one attached hydrogen (secondary N) is 1. The molecule has 0 spiro atoms. The minimum absolute atomic E-state index is 0.154. The Balaban J connectivity index is 2.10. The van der Waals surface area contributed by atoms with E-state index in [0.717, 1.165) is 10.6 Å². The summed E-state index contributed by atoms with van der Waals surface area (Å²) in [5, 5.41) is 14.9. The third-order valence-electron chi connectivity index (χ3n) is 3.60. The summed E-state index contributed by atoms with van der Waals surface area (Å²) in [5.74, 6) is 1.35. The summed E-state index contributed by atoms with van der Waals surface area (Å²) in [7, 11) is 0. The fraction of sp³-hybridized carbons (Fsp3) is 0.600. The van der Waals surface area contributed by atoms with Crippen molar-refractivity contribution in [3.8, 4) is 0 Å². The van der Waals surface area contributed by atoms with Crippen LogP contribution in [0.15, 0.2) is 23.1 Å². The van der Waals surface area contributed by atoms with Crippen LogP contribution in [-0.4, -0.2) is 29.0 Å². The van der Waals surface area contributed by atoms with E-state index in [9.17, 15) is 5.11 Å². The molecule has 0 saturated heterocycles. The lowest BCUT2D eigenvalue weighted by molar-refractivity contribution is 0.150. The Bertz CT molecular complexity index is 465. The van der Waals surface area contributed by atoms with Crippen LogP contribution in [0.2, 0.25) is 10.0 Å². The van der Waals surface area contributed by atoms with E-state index in [1.165, 1.54) is 12.8 Å². The molecule has 1 aliphatic carbocycles. The van der Waals surface area contributed by atoms with Crippen molar-refractivity contribution >= 4 is 35.0 Å². The van der Waals surface area contributed by atoms with Gasteiger partial charge in [0.05, 0.1) is 17.2 Å². The number of halogens is 2. The van der Waals surface area contributed by atoms with Gasteiger partial charge in [-0.25, -0.2) is 0 Å². The number of aliphatic hydroxyl groups excluding tert-OH is 1. The Morgan fingerprint density at radius 2 is 2.10 bits per heavy atom. The van der Waals surface area contributed by atoms with E-state index in [0.29, 0.717) is 22.0 Å². The number of rotatable bonds is 7. The highest BCUT2D eigenvalue weighted by Crippen LogP contribution is 2.43. The van der Waals surface area contributed by atoms with Gasteiger partial charge < -0.3 is 10.4 Å². The number of hydrogen-bond donors (Lipinski definition) is 2. The van der Waals surface area contributed by atoms with Gasteiger partial charge in [0.15, 0.2) is 0 Å². The molecule has 2 nitrogen and oxygen atoms in total. The topological polar surface area (TPSA) is 32.3 Å². The molecule has 112 valence electrons. The summed E-state index contributed by atoms with van der Waals surface area (Å²) < 4.78 is 0. The molecular weight excluding hydrogens is 313 g/mol. The van der Waals surface area contributed by atoms with Crippen molar-refractivity contribution in [2.75, 3.05) is 12.4 Å². The monoisotopic (exact) mass is 333 g/mol. The van der Waals surface area contributed by atoms with Crippen LogP contribution in [0, 0.1) is 5.92 Å². The van der Waals surface area contributed by atoms with Gasteiger partial charge >= 0.3 is 0 Å². The quantitative estimate of drug-likeness (QED) is 0.732. The van der Waals surface area contributed by atoms with E-state index in [1.54, 1.807) is 17.8 Å². The Hall–Kier alpha value is 0.0700. The largest absolute Gasteiger partial charge is 0.394 e. The van der Waals surface area contributed by atoms with E-state index in [4.69, 9.17) is 23.2 Å². The molecule has 0 heterocycles. The van der Waals surface area contributed by atoms with Gasteiger partial charge in [0.2, 0.25) is 0 Å². The molecule has 0 amide bonds. The minimum Gasteiger partial charge on any atom is -0.394 e. The van der Waals surface area contributed by atoms with E-state index in [1.807, 2.05) is 12.1 Å². The standard InChI is InChI=1S/C15H21Cl2NOS/c1-10(2)18-15(8-19,11-3-4-11)9-20-14-7-12(16)5-6-13(14)17/h5-7,10-11,18-19H,3-4,8-9H2,1-2H3. The van der Waals surface area contributed by atoms with Crippen LogP contribution in [0.1, 0.15) is 26.7 Å². The zero-order chi connectivity index (χ0) is 14.8. The lowest BCUT2D eigenvalue weighted by atomic mass is 9.95. The maximum atomic E-state index is 9.90. The molecule has 1 aliphatic rings. The molecule has 0 aromatic heterocycles. The Labute approximate surface area is 135 Å². The first-order valence-electron chi connectivity index (χ1n) is 6.93. The summed E-state index contributed by atoms with van der Waals surface area (Å²) in [5.41, 5.74) is -0.218. The number of aliphatic hydroxyl groups is 1. The number of benzene rings is 1. The molecule has 2 rings (SSSR count). The predicted molar refractivity (Wildman–Crippen MR) is 88.0 cm³/mol. The van der Waals surface area contributed by atoms with Gasteiger partial charge in [-0.05, 0) is 37.0 Å². The van der Waals surface area contributed by atoms with E-state index in [-0.39, 0.29) is 12.1 Å². The Kier molecular flexibility index (Phi) is 5.66. The maximum Gasteiger partial charge on any atom is 0.0624 e. The highest BCUT2D eigenvalue weighted by Gasteiger charge is 2.45. The van der Waals surface area contributed by atoms with Crippen LogP contribution >= 0.6 is 35.0 Å². The molecule has 0 bridgehead atoms. The molecule has 5 heteroatoms. The van der Waals surface area contributed by atoms with Crippen LogP contribution in [0.5, 0.6) is 0 Å². The fourth-order valence-electron chi connectivity index (χ4n) is 2.50. The number of thioether (sulfide) groups is 1. The van der Waals surface area contributed by atoms with Gasteiger partial charge in [0.1, 0.15) is 0 Å². The zero-order valence-corrected chi connectivity index (χ0v) is 14.2. The first-order valence-corrected chi connectivity index (χ1v) is 8.67. The van der Waals surface area contributed by atoms with Crippen molar-refractivity contribution < 1.29 is 5.11 Å². The molecular formula is C15H21Cl2NOS. The molecule has 1 saturated carbocycles. The highest BCUT2D eigenvalue weighted by atomic mass is 35.5. The van der Waals surface area contributed by atoms with Crippen molar-refractivity contribution in [3.63, 3.8) is 0 Å².